The molecular weight excluding hydrogens is 701 g/mol. The zero-order chi connectivity index (χ0) is 41.4. The van der Waals surface area contributed by atoms with Crippen molar-refractivity contribution >= 4 is 179 Å². The van der Waals surface area contributed by atoms with Gasteiger partial charge in [0.05, 0.1) is 0 Å². The third-order valence-electron chi connectivity index (χ3n) is 11.0. The smallest absolute Gasteiger partial charge is 0.164 e. The highest BCUT2D eigenvalue weighted by Gasteiger charge is 2.24. The van der Waals surface area contributed by atoms with Gasteiger partial charge in [-0.3, -0.25) is 0 Å². The highest BCUT2D eigenvalue weighted by Crippen LogP contribution is 2.33. The number of aromatic nitrogens is 3. The predicted octanol–water partition coefficient (Wildman–Crippen LogP) is -1.60. The fourth-order valence-electron chi connectivity index (χ4n) is 7.80. The van der Waals surface area contributed by atoms with Crippen LogP contribution in [0.1, 0.15) is 0 Å². The lowest BCUT2D eigenvalue weighted by Gasteiger charge is -2.30. The van der Waals surface area contributed by atoms with Crippen molar-refractivity contribution in [1.29, 1.82) is 0 Å². The maximum Gasteiger partial charge on any atom is 0.164 e. The minimum atomic E-state index is 0.00743. The van der Waals surface area contributed by atoms with Crippen LogP contribution in [0.4, 0.5) is 0 Å². The zero-order valence-electron chi connectivity index (χ0n) is 31.6. The van der Waals surface area contributed by atoms with Crippen LogP contribution >= 0.6 is 0 Å². The Bertz CT molecular complexity index is 3130. The minimum Gasteiger partial charge on any atom is -0.208 e. The maximum atomic E-state index is 7.01. The van der Waals surface area contributed by atoms with Crippen LogP contribution in [0.5, 0.6) is 0 Å². The minimum absolute atomic E-state index is 0.00743. The van der Waals surface area contributed by atoms with E-state index < -0.39 is 0 Å². The molecule has 0 unspecified atom stereocenters. The van der Waals surface area contributed by atoms with E-state index in [1.807, 2.05) is 60.7 Å². The van der Waals surface area contributed by atoms with E-state index in [1.54, 1.807) is 0 Å². The van der Waals surface area contributed by atoms with Gasteiger partial charge >= 0.3 is 0 Å². The van der Waals surface area contributed by atoms with Gasteiger partial charge in [0.2, 0.25) is 0 Å². The van der Waals surface area contributed by atoms with Gasteiger partial charge in [-0.05, 0) is 72.8 Å². The second-order valence-electron chi connectivity index (χ2n) is 14.4. The number of nitrogens with zero attached hydrogens (tertiary/aromatic N) is 3. The fraction of sp³-hybridized carbons (Fsp3) is 0. The van der Waals surface area contributed by atoms with Crippen molar-refractivity contribution < 1.29 is 0 Å². The molecular formula is C45H18B11N3. The summed E-state index contributed by atoms with van der Waals surface area (Å²) in [5.41, 5.74) is 4.21. The third kappa shape index (κ3) is 6.34. The molecule has 0 bridgehead atoms. The van der Waals surface area contributed by atoms with Gasteiger partial charge in [-0.2, -0.15) is 0 Å². The number of hydrogen-bond acceptors (Lipinski definition) is 3. The molecule has 59 heavy (non-hydrogen) atoms. The molecule has 0 saturated heterocycles. The van der Waals surface area contributed by atoms with Gasteiger partial charge in [0.15, 0.2) is 17.5 Å². The van der Waals surface area contributed by atoms with E-state index in [0.717, 1.165) is 32.7 Å². The number of fused-ring (bicyclic) bond motifs is 3. The van der Waals surface area contributed by atoms with E-state index in [2.05, 4.69) is 48.5 Å². The summed E-state index contributed by atoms with van der Waals surface area (Å²) in [6.07, 6.45) is 0. The second kappa shape index (κ2) is 14.8. The average Bonchev–Trinajstić information content (AvgIpc) is 3.27. The third-order valence-corrected chi connectivity index (χ3v) is 11.0. The van der Waals surface area contributed by atoms with Crippen molar-refractivity contribution in [2.75, 3.05) is 0 Å². The van der Waals surface area contributed by atoms with Crippen molar-refractivity contribution in [3.8, 4) is 56.4 Å². The molecule has 0 aliphatic carbocycles. The van der Waals surface area contributed by atoms with Gasteiger partial charge in [0.25, 0.3) is 0 Å². The Balaban J connectivity index is 1.30. The molecule has 0 aliphatic heterocycles. The first-order valence-corrected chi connectivity index (χ1v) is 18.5. The summed E-state index contributed by atoms with van der Waals surface area (Å²) in [5, 5.41) is 4.94. The van der Waals surface area contributed by atoms with Crippen LogP contribution in [0.3, 0.4) is 0 Å². The lowest BCUT2D eigenvalue weighted by atomic mass is 9.56. The molecule has 14 heteroatoms. The van der Waals surface area contributed by atoms with Gasteiger partial charge in [-0.1, -0.05) is 124 Å². The second-order valence-corrected chi connectivity index (χ2v) is 14.4. The monoisotopic (exact) mass is 721 g/mol. The van der Waals surface area contributed by atoms with Crippen molar-refractivity contribution in [2.24, 2.45) is 0 Å². The van der Waals surface area contributed by atoms with E-state index in [1.165, 1.54) is 0 Å². The summed E-state index contributed by atoms with van der Waals surface area (Å²) in [5.74, 6) is 1.39. The number of rotatable bonds is 5. The maximum absolute atomic E-state index is 7.01. The Morgan fingerprint density at radius 1 is 0.254 bits per heavy atom. The Hall–Kier alpha value is -5.74. The van der Waals surface area contributed by atoms with Crippen molar-refractivity contribution in [3.05, 3.63) is 109 Å². The van der Waals surface area contributed by atoms with Gasteiger partial charge in [0, 0.05) is 16.7 Å². The van der Waals surface area contributed by atoms with Crippen LogP contribution in [0, 0.1) is 0 Å². The highest BCUT2D eigenvalue weighted by atomic mass is 15.0. The first kappa shape index (κ1) is 38.8. The molecule has 0 fully saturated rings. The predicted molar refractivity (Wildman–Crippen MR) is 259 cm³/mol. The van der Waals surface area contributed by atoms with Crippen LogP contribution in [-0.4, -0.2) is 101 Å². The molecule has 0 N–H and O–H groups in total. The molecule has 1 heterocycles. The van der Waals surface area contributed by atoms with Gasteiger partial charge < -0.3 is 0 Å². The van der Waals surface area contributed by atoms with Crippen molar-refractivity contribution in [1.82, 2.24) is 15.0 Å². The van der Waals surface area contributed by atoms with E-state index in [0.29, 0.717) is 44.9 Å². The molecule has 0 aliphatic rings. The first-order valence-electron chi connectivity index (χ1n) is 18.5. The zero-order valence-corrected chi connectivity index (χ0v) is 31.6. The number of hydrogen-bond donors (Lipinski definition) is 0. The average molecular weight is 720 g/mol. The highest BCUT2D eigenvalue weighted by molar-refractivity contribution is 6.72. The summed E-state index contributed by atoms with van der Waals surface area (Å²) in [7, 11) is 72.4. The Morgan fingerprint density at radius 2 is 0.610 bits per heavy atom. The SMILES string of the molecule is [B]c1c([B])c([B])c(-c2c([B])c([B])c(-c3cccc(-c4nc(-c5ccc6ccccc6c5)nc(-c5ccc6ccccc6c5)n4)c3)c3c([B])c([B])c([B])c([B])c23)c([B])c1[B]. The summed E-state index contributed by atoms with van der Waals surface area (Å²) in [6.45, 7) is 0. The molecule has 3 nitrogen and oxygen atoms in total. The molecule has 0 spiro atoms. The number of benzene rings is 8. The standard InChI is InChI=1S/C45H18B11N3/c46-32-27(28-29(35(49)39(53)38(52)34(28)48)30(33(32)47)31-36(50)40(54)42(56)41(55)37(31)51)23-10-5-11-24(18-23)43-57-44(25-14-12-19-6-1-3-8-21(19)16-25)59-45(58-43)26-15-13-20-7-2-4-9-22(20)17-26/h1-18H. The largest absolute Gasteiger partial charge is 0.208 e. The fourth-order valence-corrected chi connectivity index (χ4v) is 7.80. The van der Waals surface area contributed by atoms with E-state index in [9.17, 15) is 0 Å². The summed E-state index contributed by atoms with van der Waals surface area (Å²) in [4.78, 5) is 15.1. The van der Waals surface area contributed by atoms with E-state index in [4.69, 9.17) is 101 Å². The Labute approximate surface area is 357 Å². The first-order chi connectivity index (χ1) is 28.3. The van der Waals surface area contributed by atoms with Crippen molar-refractivity contribution in [2.45, 2.75) is 0 Å². The Kier molecular flexibility index (Phi) is 9.74. The van der Waals surface area contributed by atoms with Crippen LogP contribution in [-0.2, 0) is 0 Å². The lowest BCUT2D eigenvalue weighted by Crippen LogP contribution is -2.56. The summed E-state index contributed by atoms with van der Waals surface area (Å²) < 4.78 is 0. The topological polar surface area (TPSA) is 38.7 Å². The Morgan fingerprint density at radius 3 is 1.10 bits per heavy atom. The van der Waals surface area contributed by atoms with Crippen LogP contribution in [0.25, 0.3) is 88.7 Å². The van der Waals surface area contributed by atoms with Crippen LogP contribution < -0.4 is 60.1 Å². The molecule has 0 saturated carbocycles. The molecule has 246 valence electrons. The van der Waals surface area contributed by atoms with Crippen molar-refractivity contribution in [3.63, 3.8) is 0 Å². The van der Waals surface area contributed by atoms with Crippen LogP contribution in [0.15, 0.2) is 109 Å². The lowest BCUT2D eigenvalue weighted by molar-refractivity contribution is 1.08. The van der Waals surface area contributed by atoms with Crippen LogP contribution in [0.2, 0.25) is 0 Å². The molecule has 9 rings (SSSR count). The molecule has 1 aromatic heterocycles. The van der Waals surface area contributed by atoms with E-state index in [-0.39, 0.29) is 71.2 Å². The van der Waals surface area contributed by atoms with E-state index >= 15 is 0 Å². The molecule has 0 atom stereocenters. The van der Waals surface area contributed by atoms with Gasteiger partial charge in [-0.15, -0.1) is 27.3 Å². The normalized spacial score (nSPS) is 11.5. The summed E-state index contributed by atoms with van der Waals surface area (Å²) >= 11 is 0. The molecule has 9 aromatic rings. The molecule has 22 radical (unpaired) electrons. The summed E-state index contributed by atoms with van der Waals surface area (Å²) in [6, 6.07) is 36.0. The molecule has 8 aromatic carbocycles. The van der Waals surface area contributed by atoms with Gasteiger partial charge in [0.1, 0.15) is 86.3 Å². The quantitative estimate of drug-likeness (QED) is 0.202. The van der Waals surface area contributed by atoms with Gasteiger partial charge in [-0.25, -0.2) is 15.0 Å². The molecule has 0 amide bonds.